The first-order valence-electron chi connectivity index (χ1n) is 4.87. The van der Waals surface area contributed by atoms with Crippen LogP contribution in [0.2, 0.25) is 0 Å². The van der Waals surface area contributed by atoms with E-state index in [-0.39, 0.29) is 17.2 Å². The number of aromatic hydroxyl groups is 1. The fourth-order valence-electron chi connectivity index (χ4n) is 1.11. The zero-order valence-corrected chi connectivity index (χ0v) is 12.0. The Kier molecular flexibility index (Phi) is 5.28. The van der Waals surface area contributed by atoms with E-state index in [1.54, 1.807) is 12.1 Å². The van der Waals surface area contributed by atoms with Crippen molar-refractivity contribution in [3.8, 4) is 5.75 Å². The number of hydrogen-bond donors (Lipinski definition) is 2. The van der Waals surface area contributed by atoms with Gasteiger partial charge in [0.1, 0.15) is 5.75 Å². The van der Waals surface area contributed by atoms with Gasteiger partial charge in [-0.3, -0.25) is 4.79 Å². The third-order valence-electron chi connectivity index (χ3n) is 2.08. The molecule has 0 aromatic heterocycles. The highest BCUT2D eigenvalue weighted by Crippen LogP contribution is 2.21. The molecule has 0 bridgehead atoms. The Labute approximate surface area is 111 Å². The fourth-order valence-corrected chi connectivity index (χ4v) is 1.70. The second-order valence-corrected chi connectivity index (χ2v) is 5.19. The molecule has 0 saturated heterocycles. The third kappa shape index (κ3) is 3.79. The lowest BCUT2D eigenvalue weighted by Crippen LogP contribution is -2.28. The van der Waals surface area contributed by atoms with E-state index in [2.05, 4.69) is 37.2 Å². The number of hydrogen-bond acceptors (Lipinski definition) is 2. The molecule has 0 aliphatic heterocycles. The molecule has 1 unspecified atom stereocenters. The summed E-state index contributed by atoms with van der Waals surface area (Å²) in [6.45, 7) is 2.60. The number of carbonyl (C=O) groups is 1. The second-order valence-electron chi connectivity index (χ2n) is 3.63. The zero-order chi connectivity index (χ0) is 12.1. The average molecular weight is 351 g/mol. The first-order valence-corrected chi connectivity index (χ1v) is 6.78. The zero-order valence-electron chi connectivity index (χ0n) is 8.84. The molecule has 0 aliphatic rings. The molecule has 0 aliphatic carbocycles. The Morgan fingerprint density at radius 2 is 2.25 bits per heavy atom. The first-order chi connectivity index (χ1) is 7.54. The van der Waals surface area contributed by atoms with E-state index in [0.29, 0.717) is 12.5 Å². The van der Waals surface area contributed by atoms with Gasteiger partial charge in [-0.1, -0.05) is 38.8 Å². The predicted molar refractivity (Wildman–Crippen MR) is 71.1 cm³/mol. The number of rotatable bonds is 4. The molecular weight excluding hydrogens is 338 g/mol. The van der Waals surface area contributed by atoms with Crippen LogP contribution in [0.4, 0.5) is 0 Å². The lowest BCUT2D eigenvalue weighted by Gasteiger charge is -2.10. The summed E-state index contributed by atoms with van der Waals surface area (Å²) in [5, 5.41) is 13.1. The highest BCUT2D eigenvalue weighted by Gasteiger charge is 2.12. The molecule has 5 heteroatoms. The minimum atomic E-state index is -0.258. The molecular formula is C11H13Br2NO2. The number of nitrogens with one attached hydrogen (secondary N) is 1. The number of benzene rings is 1. The number of phenols is 1. The molecule has 3 nitrogen and oxygen atoms in total. The van der Waals surface area contributed by atoms with Gasteiger partial charge in [0.05, 0.1) is 5.56 Å². The van der Waals surface area contributed by atoms with Gasteiger partial charge in [-0.25, -0.2) is 0 Å². The molecule has 1 amide bonds. The molecule has 1 aromatic carbocycles. The molecule has 1 atom stereocenters. The Bertz CT molecular complexity index is 382. The van der Waals surface area contributed by atoms with E-state index in [0.717, 1.165) is 9.80 Å². The topological polar surface area (TPSA) is 49.3 Å². The van der Waals surface area contributed by atoms with E-state index in [4.69, 9.17) is 0 Å². The molecule has 88 valence electrons. The lowest BCUT2D eigenvalue weighted by molar-refractivity contribution is 0.0946. The Hall–Kier alpha value is -0.550. The van der Waals surface area contributed by atoms with Crippen molar-refractivity contribution >= 4 is 37.8 Å². The number of carbonyl (C=O) groups excluding carboxylic acids is 1. The summed E-state index contributed by atoms with van der Waals surface area (Å²) in [7, 11) is 0. The highest BCUT2D eigenvalue weighted by atomic mass is 79.9. The van der Waals surface area contributed by atoms with Gasteiger partial charge < -0.3 is 10.4 Å². The van der Waals surface area contributed by atoms with Gasteiger partial charge in [0, 0.05) is 16.3 Å². The van der Waals surface area contributed by atoms with Gasteiger partial charge in [0.15, 0.2) is 0 Å². The summed E-state index contributed by atoms with van der Waals surface area (Å²) in [4.78, 5) is 11.7. The van der Waals surface area contributed by atoms with Crippen LogP contribution >= 0.6 is 31.9 Å². The molecule has 0 fully saturated rings. The minimum Gasteiger partial charge on any atom is -0.507 e. The molecule has 0 spiro atoms. The van der Waals surface area contributed by atoms with Crippen molar-refractivity contribution in [3.05, 3.63) is 28.2 Å². The normalized spacial score (nSPS) is 12.2. The Morgan fingerprint density at radius 1 is 1.56 bits per heavy atom. The van der Waals surface area contributed by atoms with E-state index in [9.17, 15) is 9.90 Å². The van der Waals surface area contributed by atoms with Gasteiger partial charge in [0.2, 0.25) is 0 Å². The average Bonchev–Trinajstić information content (AvgIpc) is 2.28. The third-order valence-corrected chi connectivity index (χ3v) is 3.68. The number of halogens is 2. The van der Waals surface area contributed by atoms with Gasteiger partial charge in [-0.05, 0) is 24.1 Å². The van der Waals surface area contributed by atoms with Crippen LogP contribution in [-0.2, 0) is 0 Å². The van der Waals surface area contributed by atoms with Crippen molar-refractivity contribution in [2.45, 2.75) is 6.92 Å². The number of phenolic OH excluding ortho intramolecular Hbond substituents is 1. The maximum Gasteiger partial charge on any atom is 0.255 e. The van der Waals surface area contributed by atoms with E-state index < -0.39 is 0 Å². The molecule has 2 N–H and O–H groups in total. The van der Waals surface area contributed by atoms with Crippen LogP contribution in [0.5, 0.6) is 5.75 Å². The molecule has 0 heterocycles. The monoisotopic (exact) mass is 349 g/mol. The second kappa shape index (κ2) is 6.25. The number of alkyl halides is 1. The molecule has 0 saturated carbocycles. The summed E-state index contributed by atoms with van der Waals surface area (Å²) in [6, 6.07) is 4.78. The summed E-state index contributed by atoms with van der Waals surface area (Å²) >= 11 is 6.60. The standard InChI is InChI=1S/C11H13Br2NO2/c1-7(5-12)6-14-11(16)9-4-8(13)2-3-10(9)15/h2-4,7,15H,5-6H2,1H3,(H,14,16). The van der Waals surface area contributed by atoms with Crippen LogP contribution in [0.15, 0.2) is 22.7 Å². The van der Waals surface area contributed by atoms with Crippen LogP contribution in [-0.4, -0.2) is 22.9 Å². The number of amides is 1. The van der Waals surface area contributed by atoms with E-state index in [1.807, 2.05) is 6.92 Å². The maximum absolute atomic E-state index is 11.7. The van der Waals surface area contributed by atoms with Gasteiger partial charge in [-0.2, -0.15) is 0 Å². The van der Waals surface area contributed by atoms with Crippen molar-refractivity contribution in [1.82, 2.24) is 5.32 Å². The van der Waals surface area contributed by atoms with Crippen LogP contribution in [0, 0.1) is 5.92 Å². The van der Waals surface area contributed by atoms with Gasteiger partial charge in [0.25, 0.3) is 5.91 Å². The van der Waals surface area contributed by atoms with Crippen LogP contribution < -0.4 is 5.32 Å². The predicted octanol–water partition coefficient (Wildman–Crippen LogP) is 2.92. The fraction of sp³-hybridized carbons (Fsp3) is 0.364. The largest absolute Gasteiger partial charge is 0.507 e. The van der Waals surface area contributed by atoms with Crippen molar-refractivity contribution < 1.29 is 9.90 Å². The quantitative estimate of drug-likeness (QED) is 0.820. The van der Waals surface area contributed by atoms with Crippen molar-refractivity contribution in [1.29, 1.82) is 0 Å². The molecule has 1 rings (SSSR count). The van der Waals surface area contributed by atoms with E-state index in [1.165, 1.54) is 6.07 Å². The van der Waals surface area contributed by atoms with Crippen molar-refractivity contribution in [2.24, 2.45) is 5.92 Å². The van der Waals surface area contributed by atoms with Crippen molar-refractivity contribution in [2.75, 3.05) is 11.9 Å². The van der Waals surface area contributed by atoms with Gasteiger partial charge >= 0.3 is 0 Å². The lowest BCUT2D eigenvalue weighted by atomic mass is 10.1. The van der Waals surface area contributed by atoms with Gasteiger partial charge in [-0.15, -0.1) is 0 Å². The summed E-state index contributed by atoms with van der Waals surface area (Å²) in [5.41, 5.74) is 0.288. The first kappa shape index (κ1) is 13.5. The van der Waals surface area contributed by atoms with Crippen molar-refractivity contribution in [3.63, 3.8) is 0 Å². The summed E-state index contributed by atoms with van der Waals surface area (Å²) in [6.07, 6.45) is 0. The smallest absolute Gasteiger partial charge is 0.255 e. The van der Waals surface area contributed by atoms with Crippen LogP contribution in [0.3, 0.4) is 0 Å². The Balaban J connectivity index is 2.69. The van der Waals surface area contributed by atoms with Crippen LogP contribution in [0.25, 0.3) is 0 Å². The highest BCUT2D eigenvalue weighted by molar-refractivity contribution is 9.10. The molecule has 1 aromatic rings. The Morgan fingerprint density at radius 3 is 2.88 bits per heavy atom. The minimum absolute atomic E-state index is 0.00723. The van der Waals surface area contributed by atoms with E-state index >= 15 is 0 Å². The summed E-state index contributed by atoms with van der Waals surface area (Å²) in [5.74, 6) is 0.0945. The molecule has 0 radical (unpaired) electrons. The summed E-state index contributed by atoms with van der Waals surface area (Å²) < 4.78 is 0.768. The SMILES string of the molecule is CC(CBr)CNC(=O)c1cc(Br)ccc1O. The maximum atomic E-state index is 11.7. The molecule has 16 heavy (non-hydrogen) atoms. The van der Waals surface area contributed by atoms with Crippen LogP contribution in [0.1, 0.15) is 17.3 Å².